The number of hydrogen-bond donors (Lipinski definition) is 2. The Kier molecular flexibility index (Phi) is 2.77. The number of nitrogens with one attached hydrogen (secondary N) is 1. The SMILES string of the molecule is NCCC1CC(C2CC2(F)F)c2ccccc2N1. The minimum Gasteiger partial charge on any atom is -0.382 e. The molecule has 2 aliphatic rings. The predicted molar refractivity (Wildman–Crippen MR) is 67.9 cm³/mol. The zero-order valence-corrected chi connectivity index (χ0v) is 10.2. The van der Waals surface area contributed by atoms with Gasteiger partial charge in [-0.05, 0) is 36.9 Å². The smallest absolute Gasteiger partial charge is 0.252 e. The molecule has 0 bridgehead atoms. The molecule has 1 heterocycles. The van der Waals surface area contributed by atoms with Crippen molar-refractivity contribution >= 4 is 5.69 Å². The van der Waals surface area contributed by atoms with Gasteiger partial charge in [0.1, 0.15) is 0 Å². The van der Waals surface area contributed by atoms with Crippen LogP contribution in [0.2, 0.25) is 0 Å². The van der Waals surface area contributed by atoms with Crippen LogP contribution in [0.15, 0.2) is 24.3 Å². The highest BCUT2D eigenvalue weighted by molar-refractivity contribution is 5.56. The van der Waals surface area contributed by atoms with Crippen LogP contribution in [0.4, 0.5) is 14.5 Å². The average molecular weight is 252 g/mol. The molecular formula is C14H18F2N2. The summed E-state index contributed by atoms with van der Waals surface area (Å²) < 4.78 is 26.7. The van der Waals surface area contributed by atoms with Crippen LogP contribution >= 0.6 is 0 Å². The van der Waals surface area contributed by atoms with Crippen LogP contribution < -0.4 is 11.1 Å². The Morgan fingerprint density at radius 3 is 2.72 bits per heavy atom. The first kappa shape index (κ1) is 11.9. The van der Waals surface area contributed by atoms with Crippen molar-refractivity contribution in [3.8, 4) is 0 Å². The van der Waals surface area contributed by atoms with E-state index in [1.807, 2.05) is 24.3 Å². The summed E-state index contributed by atoms with van der Waals surface area (Å²) in [4.78, 5) is 0. The van der Waals surface area contributed by atoms with Crippen LogP contribution in [0.1, 0.15) is 30.7 Å². The van der Waals surface area contributed by atoms with E-state index < -0.39 is 11.8 Å². The molecule has 98 valence electrons. The molecular weight excluding hydrogens is 234 g/mol. The molecule has 0 aromatic heterocycles. The molecule has 18 heavy (non-hydrogen) atoms. The number of nitrogens with two attached hydrogens (primary N) is 1. The fraction of sp³-hybridized carbons (Fsp3) is 0.571. The number of hydrogen-bond acceptors (Lipinski definition) is 2. The lowest BCUT2D eigenvalue weighted by atomic mass is 9.82. The summed E-state index contributed by atoms with van der Waals surface area (Å²) >= 11 is 0. The Morgan fingerprint density at radius 2 is 2.06 bits per heavy atom. The van der Waals surface area contributed by atoms with Crippen molar-refractivity contribution in [2.45, 2.75) is 37.1 Å². The number of rotatable bonds is 3. The molecule has 0 saturated heterocycles. The lowest BCUT2D eigenvalue weighted by Gasteiger charge is -2.33. The van der Waals surface area contributed by atoms with Gasteiger partial charge < -0.3 is 11.1 Å². The number of fused-ring (bicyclic) bond motifs is 1. The molecule has 1 aromatic carbocycles. The zero-order valence-electron chi connectivity index (χ0n) is 10.2. The summed E-state index contributed by atoms with van der Waals surface area (Å²) in [5.74, 6) is -2.95. The van der Waals surface area contributed by atoms with Gasteiger partial charge in [-0.3, -0.25) is 0 Å². The van der Waals surface area contributed by atoms with E-state index in [0.29, 0.717) is 6.54 Å². The first-order valence-corrected chi connectivity index (χ1v) is 6.55. The van der Waals surface area contributed by atoms with Gasteiger partial charge in [-0.2, -0.15) is 0 Å². The number of benzene rings is 1. The van der Waals surface area contributed by atoms with Gasteiger partial charge in [0, 0.05) is 24.1 Å². The van der Waals surface area contributed by atoms with E-state index in [9.17, 15) is 8.78 Å². The number of halogens is 2. The molecule has 0 amide bonds. The van der Waals surface area contributed by atoms with E-state index in [0.717, 1.165) is 24.1 Å². The molecule has 3 rings (SSSR count). The highest BCUT2D eigenvalue weighted by Crippen LogP contribution is 2.59. The minimum absolute atomic E-state index is 0.0194. The molecule has 3 unspecified atom stereocenters. The van der Waals surface area contributed by atoms with E-state index >= 15 is 0 Å². The molecule has 1 saturated carbocycles. The summed E-state index contributed by atoms with van der Waals surface area (Å²) in [6.45, 7) is 0.591. The van der Waals surface area contributed by atoms with Crippen LogP contribution in [0.3, 0.4) is 0 Å². The van der Waals surface area contributed by atoms with Crippen molar-refractivity contribution in [3.05, 3.63) is 29.8 Å². The molecule has 0 radical (unpaired) electrons. The van der Waals surface area contributed by atoms with Crippen molar-refractivity contribution in [1.82, 2.24) is 0 Å². The molecule has 1 fully saturated rings. The van der Waals surface area contributed by atoms with E-state index in [1.54, 1.807) is 0 Å². The van der Waals surface area contributed by atoms with Crippen LogP contribution in [0, 0.1) is 5.92 Å². The van der Waals surface area contributed by atoms with Crippen molar-refractivity contribution in [2.24, 2.45) is 11.7 Å². The Balaban J connectivity index is 1.88. The van der Waals surface area contributed by atoms with Gasteiger partial charge in [0.25, 0.3) is 5.92 Å². The van der Waals surface area contributed by atoms with Gasteiger partial charge in [0.2, 0.25) is 0 Å². The topological polar surface area (TPSA) is 38.0 Å². The van der Waals surface area contributed by atoms with E-state index in [4.69, 9.17) is 5.73 Å². The lowest BCUT2D eigenvalue weighted by Crippen LogP contribution is -2.31. The van der Waals surface area contributed by atoms with Crippen molar-refractivity contribution in [3.63, 3.8) is 0 Å². The fourth-order valence-electron chi connectivity index (χ4n) is 3.11. The van der Waals surface area contributed by atoms with Crippen LogP contribution in [-0.2, 0) is 0 Å². The highest BCUT2D eigenvalue weighted by atomic mass is 19.3. The molecule has 3 N–H and O–H groups in total. The number of alkyl halides is 2. The first-order chi connectivity index (χ1) is 8.62. The fourth-order valence-corrected chi connectivity index (χ4v) is 3.11. The maximum Gasteiger partial charge on any atom is 0.252 e. The summed E-state index contributed by atoms with van der Waals surface area (Å²) in [6, 6.07) is 8.05. The molecule has 3 atom stereocenters. The number of anilines is 1. The molecule has 1 aliphatic carbocycles. The van der Waals surface area contributed by atoms with E-state index in [2.05, 4.69) is 5.32 Å². The minimum atomic E-state index is -2.46. The third-order valence-corrected chi connectivity index (χ3v) is 4.13. The summed E-state index contributed by atoms with van der Waals surface area (Å²) in [6.07, 6.45) is 1.65. The summed E-state index contributed by atoms with van der Waals surface area (Å²) in [5, 5.41) is 3.41. The van der Waals surface area contributed by atoms with E-state index in [1.165, 1.54) is 0 Å². The summed E-state index contributed by atoms with van der Waals surface area (Å²) in [7, 11) is 0. The maximum absolute atomic E-state index is 13.3. The third-order valence-electron chi connectivity index (χ3n) is 4.13. The van der Waals surface area contributed by atoms with E-state index in [-0.39, 0.29) is 18.4 Å². The molecule has 2 nitrogen and oxygen atoms in total. The normalized spacial score (nSPS) is 32.5. The Labute approximate surface area is 106 Å². The van der Waals surface area contributed by atoms with Crippen molar-refractivity contribution < 1.29 is 8.78 Å². The Bertz CT molecular complexity index is 447. The standard InChI is InChI=1S/C14H18F2N2/c15-14(16)8-12(14)11-7-9(5-6-17)18-13-4-2-1-3-10(11)13/h1-4,9,11-12,18H,5-8,17H2. The van der Waals surface area contributed by atoms with Crippen LogP contribution in [0.5, 0.6) is 0 Å². The van der Waals surface area contributed by atoms with Gasteiger partial charge in [0.05, 0.1) is 0 Å². The average Bonchev–Trinajstić information content (AvgIpc) is 2.98. The van der Waals surface area contributed by atoms with Crippen molar-refractivity contribution in [2.75, 3.05) is 11.9 Å². The highest BCUT2D eigenvalue weighted by Gasteiger charge is 2.61. The lowest BCUT2D eigenvalue weighted by molar-refractivity contribution is 0.0910. The second-order valence-electron chi connectivity index (χ2n) is 5.42. The van der Waals surface area contributed by atoms with Crippen LogP contribution in [-0.4, -0.2) is 18.5 Å². The second kappa shape index (κ2) is 4.19. The number of para-hydroxylation sites is 1. The summed E-state index contributed by atoms with van der Waals surface area (Å²) in [5.41, 5.74) is 7.64. The molecule has 1 aromatic rings. The zero-order chi connectivity index (χ0) is 12.8. The third kappa shape index (κ3) is 1.99. The largest absolute Gasteiger partial charge is 0.382 e. The molecule has 0 spiro atoms. The second-order valence-corrected chi connectivity index (χ2v) is 5.42. The Morgan fingerprint density at radius 1 is 1.33 bits per heavy atom. The predicted octanol–water partition coefficient (Wildman–Crippen LogP) is 2.96. The Hall–Kier alpha value is -1.16. The maximum atomic E-state index is 13.3. The quantitative estimate of drug-likeness (QED) is 0.868. The van der Waals surface area contributed by atoms with Crippen molar-refractivity contribution in [1.29, 1.82) is 0 Å². The van der Waals surface area contributed by atoms with Gasteiger partial charge in [-0.15, -0.1) is 0 Å². The van der Waals surface area contributed by atoms with Gasteiger partial charge in [-0.25, -0.2) is 8.78 Å². The first-order valence-electron chi connectivity index (χ1n) is 6.55. The molecule has 4 heteroatoms. The monoisotopic (exact) mass is 252 g/mol. The molecule has 1 aliphatic heterocycles. The van der Waals surface area contributed by atoms with Gasteiger partial charge in [0.15, 0.2) is 0 Å². The van der Waals surface area contributed by atoms with Gasteiger partial charge in [-0.1, -0.05) is 18.2 Å². The van der Waals surface area contributed by atoms with Crippen LogP contribution in [0.25, 0.3) is 0 Å². The van der Waals surface area contributed by atoms with Gasteiger partial charge >= 0.3 is 0 Å².